The monoisotopic (exact) mass is 239 g/mol. The third kappa shape index (κ3) is 2.47. The number of ketones is 1. The van der Waals surface area contributed by atoms with Crippen molar-refractivity contribution in [1.29, 1.82) is 0 Å². The summed E-state index contributed by atoms with van der Waals surface area (Å²) in [7, 11) is 0. The zero-order chi connectivity index (χ0) is 10.7. The molecule has 0 radical (unpaired) electrons. The molecular weight excluding hydrogens is 230 g/mol. The minimum absolute atomic E-state index is 0.0233. The number of rotatable bonds is 4. The first-order chi connectivity index (χ1) is 7.29. The van der Waals surface area contributed by atoms with Crippen LogP contribution in [0.25, 0.3) is 0 Å². The Balaban J connectivity index is 2.08. The van der Waals surface area contributed by atoms with Crippen LogP contribution in [0, 0.1) is 0 Å². The van der Waals surface area contributed by atoms with Crippen molar-refractivity contribution < 1.29 is 4.79 Å². The Hall–Kier alpha value is -1.11. The minimum Gasteiger partial charge on any atom is -0.325 e. The molecule has 0 atom stereocenters. The summed E-state index contributed by atoms with van der Waals surface area (Å²) in [6.45, 7) is 0.387. The van der Waals surface area contributed by atoms with Gasteiger partial charge in [0.25, 0.3) is 0 Å². The van der Waals surface area contributed by atoms with Gasteiger partial charge in [-0.05, 0) is 0 Å². The van der Waals surface area contributed by atoms with Crippen LogP contribution in [0.1, 0.15) is 20.4 Å². The quantitative estimate of drug-likeness (QED) is 0.821. The highest BCUT2D eigenvalue weighted by atomic mass is 32.1. The molecule has 78 valence electrons. The van der Waals surface area contributed by atoms with Crippen LogP contribution in [-0.2, 0) is 13.0 Å². The number of thiazole rings is 2. The Labute approximate surface area is 94.8 Å². The molecule has 2 N–H and O–H groups in total. The van der Waals surface area contributed by atoms with E-state index >= 15 is 0 Å². The molecule has 0 fully saturated rings. The van der Waals surface area contributed by atoms with Gasteiger partial charge in [-0.25, -0.2) is 4.98 Å². The van der Waals surface area contributed by atoms with Crippen molar-refractivity contribution >= 4 is 28.5 Å². The van der Waals surface area contributed by atoms with Crippen molar-refractivity contribution in [3.63, 3.8) is 0 Å². The van der Waals surface area contributed by atoms with Gasteiger partial charge in [-0.3, -0.25) is 9.78 Å². The SMILES string of the molecule is NCc1nc(C(=O)Cc2cncs2)cs1. The van der Waals surface area contributed by atoms with E-state index in [0.717, 1.165) is 9.88 Å². The van der Waals surface area contributed by atoms with Crippen LogP contribution in [0.4, 0.5) is 0 Å². The van der Waals surface area contributed by atoms with E-state index in [1.165, 1.54) is 22.7 Å². The fourth-order valence-electron chi connectivity index (χ4n) is 1.11. The van der Waals surface area contributed by atoms with Crippen LogP contribution in [0.15, 0.2) is 17.1 Å². The van der Waals surface area contributed by atoms with Crippen LogP contribution < -0.4 is 5.73 Å². The van der Waals surface area contributed by atoms with Gasteiger partial charge in [-0.2, -0.15) is 0 Å². The van der Waals surface area contributed by atoms with Crippen LogP contribution in [0.2, 0.25) is 0 Å². The molecule has 0 saturated carbocycles. The van der Waals surface area contributed by atoms with Crippen molar-refractivity contribution in [3.8, 4) is 0 Å². The number of hydrogen-bond donors (Lipinski definition) is 1. The molecule has 2 aromatic heterocycles. The molecule has 0 aliphatic rings. The summed E-state index contributed by atoms with van der Waals surface area (Å²) in [5.74, 6) is 0.0233. The second-order valence-electron chi connectivity index (χ2n) is 2.90. The predicted octanol–water partition coefficient (Wildman–Crippen LogP) is 1.48. The molecule has 0 aliphatic carbocycles. The normalized spacial score (nSPS) is 10.5. The van der Waals surface area contributed by atoms with Gasteiger partial charge in [0.15, 0.2) is 5.78 Å². The molecule has 2 aromatic rings. The lowest BCUT2D eigenvalue weighted by Crippen LogP contribution is -2.04. The lowest BCUT2D eigenvalue weighted by molar-refractivity contribution is 0.0989. The summed E-state index contributed by atoms with van der Waals surface area (Å²) in [6, 6.07) is 0. The Kier molecular flexibility index (Phi) is 3.20. The molecule has 0 unspecified atom stereocenters. The Bertz CT molecular complexity index is 450. The van der Waals surface area contributed by atoms with Gasteiger partial charge in [0.05, 0.1) is 5.51 Å². The molecule has 0 amide bonds. The maximum atomic E-state index is 11.7. The third-order valence-electron chi connectivity index (χ3n) is 1.83. The molecule has 0 aliphatic heterocycles. The summed E-state index contributed by atoms with van der Waals surface area (Å²) in [5.41, 5.74) is 7.65. The lowest BCUT2D eigenvalue weighted by Gasteiger charge is -1.92. The van der Waals surface area contributed by atoms with E-state index in [0.29, 0.717) is 18.7 Å². The molecule has 0 saturated heterocycles. The molecule has 2 heterocycles. The van der Waals surface area contributed by atoms with E-state index in [9.17, 15) is 4.79 Å². The Morgan fingerprint density at radius 2 is 2.33 bits per heavy atom. The molecule has 0 bridgehead atoms. The van der Waals surface area contributed by atoms with Gasteiger partial charge >= 0.3 is 0 Å². The number of nitrogens with zero attached hydrogens (tertiary/aromatic N) is 2. The smallest absolute Gasteiger partial charge is 0.187 e. The van der Waals surface area contributed by atoms with E-state index in [1.54, 1.807) is 17.1 Å². The summed E-state index contributed by atoms with van der Waals surface area (Å²) in [5, 5.41) is 2.55. The minimum atomic E-state index is 0.0233. The zero-order valence-electron chi connectivity index (χ0n) is 7.84. The highest BCUT2D eigenvalue weighted by molar-refractivity contribution is 7.10. The number of carbonyl (C=O) groups excluding carboxylic acids is 1. The first kappa shape index (κ1) is 10.4. The lowest BCUT2D eigenvalue weighted by atomic mass is 10.2. The van der Waals surface area contributed by atoms with Crippen molar-refractivity contribution in [2.45, 2.75) is 13.0 Å². The summed E-state index contributed by atoms with van der Waals surface area (Å²) in [4.78, 5) is 20.7. The molecule has 6 heteroatoms. The molecule has 15 heavy (non-hydrogen) atoms. The Morgan fingerprint density at radius 3 is 2.93 bits per heavy atom. The van der Waals surface area contributed by atoms with Crippen LogP contribution in [0.5, 0.6) is 0 Å². The standard InChI is InChI=1S/C9H9N3OS2/c10-2-9-12-7(4-14-9)8(13)1-6-3-11-5-15-6/h3-5H,1-2,10H2. The van der Waals surface area contributed by atoms with E-state index < -0.39 is 0 Å². The third-order valence-corrected chi connectivity index (χ3v) is 3.48. The maximum absolute atomic E-state index is 11.7. The molecule has 4 nitrogen and oxygen atoms in total. The fraction of sp³-hybridized carbons (Fsp3) is 0.222. The summed E-state index contributed by atoms with van der Waals surface area (Å²) >= 11 is 2.90. The number of Topliss-reactive ketones (excluding diaryl/α,β-unsaturated/α-hetero) is 1. The van der Waals surface area contributed by atoms with Crippen LogP contribution in [-0.4, -0.2) is 15.8 Å². The van der Waals surface area contributed by atoms with Crippen molar-refractivity contribution in [1.82, 2.24) is 9.97 Å². The second-order valence-corrected chi connectivity index (χ2v) is 4.81. The Morgan fingerprint density at radius 1 is 1.47 bits per heavy atom. The van der Waals surface area contributed by atoms with Crippen molar-refractivity contribution in [2.75, 3.05) is 0 Å². The van der Waals surface area contributed by atoms with Crippen LogP contribution in [0.3, 0.4) is 0 Å². The fourth-order valence-corrected chi connectivity index (χ4v) is 2.38. The predicted molar refractivity (Wildman–Crippen MR) is 60.2 cm³/mol. The van der Waals surface area contributed by atoms with Gasteiger partial charge in [0.2, 0.25) is 0 Å². The highest BCUT2D eigenvalue weighted by Crippen LogP contribution is 2.13. The van der Waals surface area contributed by atoms with Gasteiger partial charge in [0, 0.05) is 29.4 Å². The van der Waals surface area contributed by atoms with E-state index in [-0.39, 0.29) is 5.78 Å². The second kappa shape index (κ2) is 4.61. The number of carbonyl (C=O) groups is 1. The average molecular weight is 239 g/mol. The van der Waals surface area contributed by atoms with E-state index in [4.69, 9.17) is 5.73 Å². The molecule has 2 rings (SSSR count). The molecule has 0 spiro atoms. The van der Waals surface area contributed by atoms with Crippen molar-refractivity contribution in [2.24, 2.45) is 5.73 Å². The zero-order valence-corrected chi connectivity index (χ0v) is 9.48. The first-order valence-electron chi connectivity index (χ1n) is 4.34. The van der Waals surface area contributed by atoms with E-state index in [2.05, 4.69) is 9.97 Å². The first-order valence-corrected chi connectivity index (χ1v) is 6.10. The number of aromatic nitrogens is 2. The number of nitrogens with two attached hydrogens (primary N) is 1. The van der Waals surface area contributed by atoms with Crippen LogP contribution >= 0.6 is 22.7 Å². The summed E-state index contributed by atoms with van der Waals surface area (Å²) < 4.78 is 0. The van der Waals surface area contributed by atoms with E-state index in [1.807, 2.05) is 0 Å². The maximum Gasteiger partial charge on any atom is 0.187 e. The largest absolute Gasteiger partial charge is 0.325 e. The average Bonchev–Trinajstić information content (AvgIpc) is 2.86. The molecular formula is C9H9N3OS2. The van der Waals surface area contributed by atoms with Gasteiger partial charge in [-0.15, -0.1) is 22.7 Å². The van der Waals surface area contributed by atoms with Gasteiger partial charge in [-0.1, -0.05) is 0 Å². The highest BCUT2D eigenvalue weighted by Gasteiger charge is 2.11. The van der Waals surface area contributed by atoms with Gasteiger partial charge in [0.1, 0.15) is 10.7 Å². The van der Waals surface area contributed by atoms with Crippen molar-refractivity contribution in [3.05, 3.63) is 32.7 Å². The molecule has 0 aromatic carbocycles. The number of hydrogen-bond acceptors (Lipinski definition) is 6. The summed E-state index contributed by atoms with van der Waals surface area (Å²) in [6.07, 6.45) is 2.08. The topological polar surface area (TPSA) is 68.9 Å². The van der Waals surface area contributed by atoms with Gasteiger partial charge < -0.3 is 5.73 Å².